The lowest BCUT2D eigenvalue weighted by molar-refractivity contribution is 0.280. The van der Waals surface area contributed by atoms with Gasteiger partial charge in [0.05, 0.1) is 20.6 Å². The Hall–Kier alpha value is -0.620. The number of rotatable bonds is 4. The van der Waals surface area contributed by atoms with Crippen LogP contribution in [0.1, 0.15) is 11.1 Å². The summed E-state index contributed by atoms with van der Waals surface area (Å²) in [7, 11) is 0. The van der Waals surface area contributed by atoms with Gasteiger partial charge in [-0.2, -0.15) is 0 Å². The van der Waals surface area contributed by atoms with E-state index in [4.69, 9.17) is 21.4 Å². The standard InChI is InChI=1S/C14H10Br2ClFO2/c15-10-3-9(6-19)4-11(16)14(10)20-7-8-1-2-13(18)12(17)5-8/h1-5,19H,6-7H2. The Bertz CT molecular complexity index is 612. The van der Waals surface area contributed by atoms with Crippen LogP contribution in [0.2, 0.25) is 5.02 Å². The van der Waals surface area contributed by atoms with Gasteiger partial charge in [0.1, 0.15) is 18.2 Å². The molecule has 0 aliphatic carbocycles. The van der Waals surface area contributed by atoms with Gasteiger partial charge in [-0.1, -0.05) is 17.7 Å². The lowest BCUT2D eigenvalue weighted by atomic mass is 10.2. The van der Waals surface area contributed by atoms with Crippen molar-refractivity contribution in [2.45, 2.75) is 13.2 Å². The van der Waals surface area contributed by atoms with E-state index in [0.29, 0.717) is 5.75 Å². The van der Waals surface area contributed by atoms with Crippen LogP contribution in [-0.2, 0) is 13.2 Å². The Morgan fingerprint density at radius 1 is 1.10 bits per heavy atom. The Morgan fingerprint density at radius 3 is 2.30 bits per heavy atom. The molecule has 0 radical (unpaired) electrons. The largest absolute Gasteiger partial charge is 0.487 e. The minimum atomic E-state index is -0.454. The number of halogens is 4. The third kappa shape index (κ3) is 3.73. The molecule has 0 amide bonds. The first-order valence-corrected chi connectivity index (χ1v) is 7.63. The zero-order valence-corrected chi connectivity index (χ0v) is 14.1. The molecule has 2 aromatic rings. The molecule has 0 unspecified atom stereocenters. The minimum Gasteiger partial charge on any atom is -0.487 e. The quantitative estimate of drug-likeness (QED) is 0.742. The molecule has 106 valence electrons. The summed E-state index contributed by atoms with van der Waals surface area (Å²) in [5.41, 5.74) is 1.53. The van der Waals surface area contributed by atoms with E-state index in [1.54, 1.807) is 18.2 Å². The van der Waals surface area contributed by atoms with Crippen LogP contribution < -0.4 is 4.74 Å². The van der Waals surface area contributed by atoms with E-state index < -0.39 is 5.82 Å². The molecule has 0 aromatic heterocycles. The maximum Gasteiger partial charge on any atom is 0.148 e. The lowest BCUT2D eigenvalue weighted by Crippen LogP contribution is -1.98. The fourth-order valence-corrected chi connectivity index (χ4v) is 3.34. The van der Waals surface area contributed by atoms with E-state index in [-0.39, 0.29) is 18.2 Å². The predicted molar refractivity (Wildman–Crippen MR) is 83.5 cm³/mol. The summed E-state index contributed by atoms with van der Waals surface area (Å²) in [4.78, 5) is 0. The Labute approximate surface area is 137 Å². The van der Waals surface area contributed by atoms with Crippen LogP contribution in [0, 0.1) is 5.82 Å². The van der Waals surface area contributed by atoms with Crippen LogP contribution in [0.5, 0.6) is 5.75 Å². The van der Waals surface area contributed by atoms with E-state index in [2.05, 4.69) is 31.9 Å². The van der Waals surface area contributed by atoms with Gasteiger partial charge in [-0.3, -0.25) is 0 Å². The van der Waals surface area contributed by atoms with Gasteiger partial charge in [-0.05, 0) is 67.3 Å². The van der Waals surface area contributed by atoms with E-state index in [9.17, 15) is 4.39 Å². The third-order valence-electron chi connectivity index (χ3n) is 2.61. The molecule has 0 saturated heterocycles. The molecule has 6 heteroatoms. The predicted octanol–water partition coefficient (Wildman–Crippen LogP) is 5.08. The summed E-state index contributed by atoms with van der Waals surface area (Å²) in [6.45, 7) is 0.209. The number of benzene rings is 2. The minimum absolute atomic E-state index is 0.0505. The fraction of sp³-hybridized carbons (Fsp3) is 0.143. The van der Waals surface area contributed by atoms with Crippen molar-refractivity contribution in [3.63, 3.8) is 0 Å². The first-order chi connectivity index (χ1) is 9.51. The second-order valence-corrected chi connectivity index (χ2v) is 6.20. The SMILES string of the molecule is OCc1cc(Br)c(OCc2ccc(F)c(Cl)c2)c(Br)c1. The van der Waals surface area contributed by atoms with Gasteiger partial charge in [-0.25, -0.2) is 4.39 Å². The van der Waals surface area contributed by atoms with Crippen molar-refractivity contribution in [1.82, 2.24) is 0 Å². The first-order valence-electron chi connectivity index (χ1n) is 5.66. The van der Waals surface area contributed by atoms with Crippen molar-refractivity contribution >= 4 is 43.5 Å². The van der Waals surface area contributed by atoms with Crippen LogP contribution in [0.25, 0.3) is 0 Å². The number of aliphatic hydroxyl groups excluding tert-OH is 1. The smallest absolute Gasteiger partial charge is 0.148 e. The van der Waals surface area contributed by atoms with Gasteiger partial charge in [0.25, 0.3) is 0 Å². The monoisotopic (exact) mass is 422 g/mol. The van der Waals surface area contributed by atoms with Crippen molar-refractivity contribution in [3.05, 3.63) is 61.2 Å². The highest BCUT2D eigenvalue weighted by Crippen LogP contribution is 2.35. The zero-order valence-electron chi connectivity index (χ0n) is 10.2. The maximum absolute atomic E-state index is 13.1. The highest BCUT2D eigenvalue weighted by molar-refractivity contribution is 9.11. The van der Waals surface area contributed by atoms with Crippen molar-refractivity contribution in [3.8, 4) is 5.75 Å². The molecule has 2 nitrogen and oxygen atoms in total. The van der Waals surface area contributed by atoms with Crippen LogP contribution in [-0.4, -0.2) is 5.11 Å². The molecule has 0 aliphatic heterocycles. The van der Waals surface area contributed by atoms with Gasteiger partial charge < -0.3 is 9.84 Å². The van der Waals surface area contributed by atoms with Crippen LogP contribution in [0.3, 0.4) is 0 Å². The van der Waals surface area contributed by atoms with Crippen LogP contribution in [0.15, 0.2) is 39.3 Å². The summed E-state index contributed by atoms with van der Waals surface area (Å²) >= 11 is 12.5. The molecule has 1 N–H and O–H groups in total. The highest BCUT2D eigenvalue weighted by atomic mass is 79.9. The molecule has 0 saturated carbocycles. The highest BCUT2D eigenvalue weighted by Gasteiger charge is 2.10. The van der Waals surface area contributed by atoms with Crippen molar-refractivity contribution in [2.75, 3.05) is 0 Å². The van der Waals surface area contributed by atoms with E-state index >= 15 is 0 Å². The van der Waals surface area contributed by atoms with Gasteiger partial charge in [0.2, 0.25) is 0 Å². The molecule has 0 atom stereocenters. The van der Waals surface area contributed by atoms with Gasteiger partial charge in [0, 0.05) is 0 Å². The molecule has 0 heterocycles. The summed E-state index contributed by atoms with van der Waals surface area (Å²) < 4.78 is 20.2. The van der Waals surface area contributed by atoms with Crippen LogP contribution >= 0.6 is 43.5 Å². The molecular weight excluding hydrogens is 414 g/mol. The molecule has 0 aliphatic rings. The van der Waals surface area contributed by atoms with Gasteiger partial charge in [0.15, 0.2) is 0 Å². The molecule has 2 aromatic carbocycles. The summed E-state index contributed by atoms with van der Waals surface area (Å²) in [6, 6.07) is 8.00. The molecular formula is C14H10Br2ClFO2. The average Bonchev–Trinajstić information content (AvgIpc) is 2.41. The second kappa shape index (κ2) is 6.89. The van der Waals surface area contributed by atoms with E-state index in [1.165, 1.54) is 12.1 Å². The second-order valence-electron chi connectivity index (χ2n) is 4.08. The number of ether oxygens (including phenoxy) is 1. The van der Waals surface area contributed by atoms with E-state index in [1.807, 2.05) is 0 Å². The molecule has 2 rings (SSSR count). The molecule has 0 fully saturated rings. The van der Waals surface area contributed by atoms with Crippen LogP contribution in [0.4, 0.5) is 4.39 Å². The number of aliphatic hydroxyl groups is 1. The summed E-state index contributed by atoms with van der Waals surface area (Å²) in [6.07, 6.45) is 0. The number of hydrogen-bond donors (Lipinski definition) is 1. The van der Waals surface area contributed by atoms with Gasteiger partial charge in [-0.15, -0.1) is 0 Å². The van der Waals surface area contributed by atoms with Crippen molar-refractivity contribution in [1.29, 1.82) is 0 Å². The topological polar surface area (TPSA) is 29.5 Å². The summed E-state index contributed by atoms with van der Waals surface area (Å²) in [5.74, 6) is 0.160. The zero-order chi connectivity index (χ0) is 14.7. The first kappa shape index (κ1) is 15.8. The Balaban J connectivity index is 2.16. The third-order valence-corrected chi connectivity index (χ3v) is 4.08. The molecule has 0 spiro atoms. The van der Waals surface area contributed by atoms with E-state index in [0.717, 1.165) is 20.1 Å². The average molecular weight is 424 g/mol. The lowest BCUT2D eigenvalue weighted by Gasteiger charge is -2.12. The van der Waals surface area contributed by atoms with Gasteiger partial charge >= 0.3 is 0 Å². The fourth-order valence-electron chi connectivity index (χ4n) is 1.63. The molecule has 0 bridgehead atoms. The Kier molecular flexibility index (Phi) is 5.43. The normalized spacial score (nSPS) is 10.7. The molecule has 20 heavy (non-hydrogen) atoms. The Morgan fingerprint density at radius 2 is 1.75 bits per heavy atom. The maximum atomic E-state index is 13.1. The number of hydrogen-bond acceptors (Lipinski definition) is 2. The summed E-state index contributed by atoms with van der Waals surface area (Å²) in [5, 5.41) is 9.18. The van der Waals surface area contributed by atoms with Crippen molar-refractivity contribution < 1.29 is 14.2 Å². The van der Waals surface area contributed by atoms with Crippen molar-refractivity contribution in [2.24, 2.45) is 0 Å².